The van der Waals surface area contributed by atoms with E-state index in [0.29, 0.717) is 11.1 Å². The van der Waals surface area contributed by atoms with Gasteiger partial charge >= 0.3 is 12.1 Å². The molecule has 0 fully saturated rings. The lowest BCUT2D eigenvalue weighted by Crippen LogP contribution is -2.25. The van der Waals surface area contributed by atoms with Crippen LogP contribution in [-0.4, -0.2) is 11.7 Å². The molecule has 1 aliphatic rings. The molecule has 0 aromatic heterocycles. The van der Waals surface area contributed by atoms with Crippen molar-refractivity contribution < 1.29 is 22.7 Å². The average molecular weight is 421 g/mol. The zero-order valence-electron chi connectivity index (χ0n) is 16.3. The van der Waals surface area contributed by atoms with E-state index in [4.69, 9.17) is 4.74 Å². The van der Waals surface area contributed by atoms with Crippen molar-refractivity contribution in [2.75, 3.05) is 0 Å². The lowest BCUT2D eigenvalue weighted by molar-refractivity contribution is -0.147. The minimum Gasteiger partial charge on any atom is -0.428 e. The molecule has 31 heavy (non-hydrogen) atoms. The highest BCUT2D eigenvalue weighted by Crippen LogP contribution is 2.39. The van der Waals surface area contributed by atoms with E-state index >= 15 is 0 Å². The number of ether oxygens (including phenoxy) is 1. The molecule has 4 rings (SSSR count). The summed E-state index contributed by atoms with van der Waals surface area (Å²) in [5.41, 5.74) is -0.151. The fourth-order valence-corrected chi connectivity index (χ4v) is 3.40. The first-order valence-corrected chi connectivity index (χ1v) is 9.65. The molecule has 0 amide bonds. The second-order valence-corrected chi connectivity index (χ2v) is 7.09. The Kier molecular flexibility index (Phi) is 5.46. The van der Waals surface area contributed by atoms with Crippen LogP contribution in [0.5, 0.6) is 0 Å². The third kappa shape index (κ3) is 4.43. The summed E-state index contributed by atoms with van der Waals surface area (Å²) in [4.78, 5) is 17.2. The Hall–Kier alpha value is -3.67. The minimum atomic E-state index is -4.45. The van der Waals surface area contributed by atoms with E-state index in [1.807, 2.05) is 42.5 Å². The molecule has 0 saturated carbocycles. The molecule has 0 saturated heterocycles. The summed E-state index contributed by atoms with van der Waals surface area (Å²) < 4.78 is 44.7. The van der Waals surface area contributed by atoms with Gasteiger partial charge in [0.05, 0.1) is 5.56 Å². The molecule has 1 unspecified atom stereocenters. The molecule has 0 N–H and O–H groups in total. The van der Waals surface area contributed by atoms with Gasteiger partial charge in [-0.25, -0.2) is 9.79 Å². The number of aliphatic imine (C=N–C) groups is 1. The fraction of sp³-hybridized carbons (Fsp3) is 0.120. The van der Waals surface area contributed by atoms with Gasteiger partial charge in [-0.1, -0.05) is 84.9 Å². The van der Waals surface area contributed by atoms with Gasteiger partial charge < -0.3 is 4.74 Å². The summed E-state index contributed by atoms with van der Waals surface area (Å²) in [6.07, 6.45) is -0.619. The lowest BCUT2D eigenvalue weighted by atomic mass is 9.97. The van der Waals surface area contributed by atoms with Gasteiger partial charge in [0.25, 0.3) is 0 Å². The molecule has 0 spiro atoms. The van der Waals surface area contributed by atoms with Crippen LogP contribution >= 0.6 is 0 Å². The van der Waals surface area contributed by atoms with E-state index in [0.717, 1.165) is 17.7 Å². The normalized spacial score (nSPS) is 18.8. The van der Waals surface area contributed by atoms with Crippen molar-refractivity contribution >= 4 is 17.8 Å². The SMILES string of the molecule is O=C1OC(C/C=C/c2ccccc2)(c2ccc(C(F)(F)F)cc2)N=C1c1ccccc1. The van der Waals surface area contributed by atoms with Crippen molar-refractivity contribution in [1.29, 1.82) is 0 Å². The van der Waals surface area contributed by atoms with E-state index in [-0.39, 0.29) is 12.1 Å². The Morgan fingerprint density at radius 1 is 0.871 bits per heavy atom. The van der Waals surface area contributed by atoms with Crippen molar-refractivity contribution in [3.8, 4) is 0 Å². The molecule has 1 aliphatic heterocycles. The Balaban J connectivity index is 1.73. The van der Waals surface area contributed by atoms with Crippen LogP contribution in [0.2, 0.25) is 0 Å². The maximum absolute atomic E-state index is 13.0. The van der Waals surface area contributed by atoms with Crippen molar-refractivity contribution in [3.63, 3.8) is 0 Å². The molecule has 1 heterocycles. The molecule has 3 aromatic rings. The summed E-state index contributed by atoms with van der Waals surface area (Å²) in [6.45, 7) is 0. The Morgan fingerprint density at radius 3 is 2.10 bits per heavy atom. The molecule has 156 valence electrons. The topological polar surface area (TPSA) is 38.7 Å². The number of alkyl halides is 3. The number of esters is 1. The molecular weight excluding hydrogens is 403 g/mol. The molecule has 0 aliphatic carbocycles. The zero-order valence-corrected chi connectivity index (χ0v) is 16.3. The van der Waals surface area contributed by atoms with E-state index in [9.17, 15) is 18.0 Å². The third-order valence-corrected chi connectivity index (χ3v) is 4.96. The van der Waals surface area contributed by atoms with E-state index < -0.39 is 23.4 Å². The number of carbonyl (C=O) groups excluding carboxylic acids is 1. The van der Waals surface area contributed by atoms with Crippen LogP contribution in [0.15, 0.2) is 96.0 Å². The van der Waals surface area contributed by atoms with Crippen LogP contribution in [0.4, 0.5) is 13.2 Å². The van der Waals surface area contributed by atoms with Crippen molar-refractivity contribution in [1.82, 2.24) is 0 Å². The molecule has 0 bridgehead atoms. The van der Waals surface area contributed by atoms with Gasteiger partial charge in [0, 0.05) is 17.5 Å². The van der Waals surface area contributed by atoms with Crippen LogP contribution in [0.3, 0.4) is 0 Å². The predicted octanol–water partition coefficient (Wildman–Crippen LogP) is 6.01. The average Bonchev–Trinajstić information content (AvgIpc) is 3.12. The van der Waals surface area contributed by atoms with Crippen molar-refractivity contribution in [2.24, 2.45) is 4.99 Å². The van der Waals surface area contributed by atoms with E-state index in [1.165, 1.54) is 12.1 Å². The first-order valence-electron chi connectivity index (χ1n) is 9.65. The minimum absolute atomic E-state index is 0.147. The fourth-order valence-electron chi connectivity index (χ4n) is 3.40. The standard InChI is InChI=1S/C25H18F3NO2/c26-25(27,28)21-15-13-20(14-16-21)24(17-7-10-18-8-3-1-4-9-18)29-22(23(30)31-24)19-11-5-2-6-12-19/h1-16H,17H2/b10-7+. The third-order valence-electron chi connectivity index (χ3n) is 4.96. The van der Waals surface area contributed by atoms with Gasteiger partial charge in [0.15, 0.2) is 5.71 Å². The predicted molar refractivity (Wildman–Crippen MR) is 112 cm³/mol. The second-order valence-electron chi connectivity index (χ2n) is 7.09. The second kappa shape index (κ2) is 8.22. The Labute approximate surface area is 177 Å². The number of carbonyl (C=O) groups is 1. The number of benzene rings is 3. The van der Waals surface area contributed by atoms with Gasteiger partial charge in [-0.2, -0.15) is 13.2 Å². The summed E-state index contributed by atoms with van der Waals surface area (Å²) in [5.74, 6) is -0.612. The highest BCUT2D eigenvalue weighted by Gasteiger charge is 2.43. The van der Waals surface area contributed by atoms with Crippen LogP contribution in [-0.2, 0) is 21.4 Å². The van der Waals surface area contributed by atoms with Crippen LogP contribution < -0.4 is 0 Å². The quantitative estimate of drug-likeness (QED) is 0.474. The molecule has 3 nitrogen and oxygen atoms in total. The molecule has 3 aromatic carbocycles. The monoisotopic (exact) mass is 421 g/mol. The number of halogens is 3. The van der Waals surface area contributed by atoms with Gasteiger partial charge in [0.2, 0.25) is 5.72 Å². The highest BCUT2D eigenvalue weighted by molar-refractivity contribution is 6.44. The summed E-state index contributed by atoms with van der Waals surface area (Å²) >= 11 is 0. The summed E-state index contributed by atoms with van der Waals surface area (Å²) in [5, 5.41) is 0. The first kappa shape index (κ1) is 20.6. The number of nitrogens with zero attached hydrogens (tertiary/aromatic N) is 1. The van der Waals surface area contributed by atoms with Crippen LogP contribution in [0.25, 0.3) is 6.08 Å². The smallest absolute Gasteiger partial charge is 0.416 e. The number of cyclic esters (lactones) is 1. The van der Waals surface area contributed by atoms with Crippen molar-refractivity contribution in [2.45, 2.75) is 18.3 Å². The molecule has 6 heteroatoms. The van der Waals surface area contributed by atoms with E-state index in [1.54, 1.807) is 30.3 Å². The number of rotatable bonds is 5. The van der Waals surface area contributed by atoms with Gasteiger partial charge in [0.1, 0.15) is 0 Å². The Morgan fingerprint density at radius 2 is 1.48 bits per heavy atom. The maximum atomic E-state index is 13.0. The van der Waals surface area contributed by atoms with E-state index in [2.05, 4.69) is 4.99 Å². The number of hydrogen-bond donors (Lipinski definition) is 0. The first-order chi connectivity index (χ1) is 14.9. The van der Waals surface area contributed by atoms with Gasteiger partial charge in [-0.3, -0.25) is 0 Å². The summed E-state index contributed by atoms with van der Waals surface area (Å²) in [7, 11) is 0. The van der Waals surface area contributed by atoms with Crippen LogP contribution in [0.1, 0.15) is 28.7 Å². The van der Waals surface area contributed by atoms with Crippen molar-refractivity contribution in [3.05, 3.63) is 113 Å². The largest absolute Gasteiger partial charge is 0.428 e. The molecule has 0 radical (unpaired) electrons. The zero-order chi connectivity index (χ0) is 21.9. The van der Waals surface area contributed by atoms with Gasteiger partial charge in [-0.05, 0) is 17.7 Å². The lowest BCUT2D eigenvalue weighted by Gasteiger charge is -2.24. The van der Waals surface area contributed by atoms with Gasteiger partial charge in [-0.15, -0.1) is 0 Å². The number of hydrogen-bond acceptors (Lipinski definition) is 3. The molecule has 1 atom stereocenters. The summed E-state index contributed by atoms with van der Waals surface area (Å²) in [6, 6.07) is 22.9. The van der Waals surface area contributed by atoms with Crippen LogP contribution in [0, 0.1) is 0 Å². The maximum Gasteiger partial charge on any atom is 0.416 e. The molecular formula is C25H18F3NO2. The highest BCUT2D eigenvalue weighted by atomic mass is 19.4. The Bertz CT molecular complexity index is 1120.